The van der Waals surface area contributed by atoms with Crippen LogP contribution in [0.3, 0.4) is 0 Å². The van der Waals surface area contributed by atoms with Gasteiger partial charge in [-0.25, -0.2) is 9.97 Å². The van der Waals surface area contributed by atoms with Crippen molar-refractivity contribution in [1.82, 2.24) is 14.5 Å². The summed E-state index contributed by atoms with van der Waals surface area (Å²) in [4.78, 5) is 10.7. The van der Waals surface area contributed by atoms with Gasteiger partial charge in [-0.1, -0.05) is 141 Å². The van der Waals surface area contributed by atoms with E-state index in [0.29, 0.717) is 0 Å². The number of fused-ring (bicyclic) bond motifs is 6. The second-order valence-electron chi connectivity index (χ2n) is 12.7. The van der Waals surface area contributed by atoms with Crippen LogP contribution in [-0.2, 0) is 5.41 Å². The first kappa shape index (κ1) is 26.6. The van der Waals surface area contributed by atoms with Crippen molar-refractivity contribution in [1.29, 1.82) is 0 Å². The average Bonchev–Trinajstić information content (AvgIpc) is 3.57. The molecule has 8 aromatic rings. The van der Waals surface area contributed by atoms with Gasteiger partial charge in [-0.05, 0) is 41.0 Å². The smallest absolute Gasteiger partial charge is 0.160 e. The molecule has 2 heterocycles. The van der Waals surface area contributed by atoms with E-state index in [9.17, 15) is 0 Å². The molecule has 0 aliphatic heterocycles. The van der Waals surface area contributed by atoms with Crippen LogP contribution in [0.4, 0.5) is 0 Å². The van der Waals surface area contributed by atoms with Crippen LogP contribution < -0.4 is 0 Å². The Hall–Kier alpha value is -5.80. The normalized spacial score (nSPS) is 13.2. The lowest BCUT2D eigenvalue weighted by molar-refractivity contribution is 0.658. The third kappa shape index (κ3) is 3.98. The Morgan fingerprint density at radius 2 is 1.04 bits per heavy atom. The zero-order valence-corrected chi connectivity index (χ0v) is 25.8. The molecule has 3 nitrogen and oxygen atoms in total. The maximum absolute atomic E-state index is 5.39. The Kier molecular flexibility index (Phi) is 5.85. The molecule has 0 unspecified atom stereocenters. The zero-order valence-electron chi connectivity index (χ0n) is 25.8. The van der Waals surface area contributed by atoms with E-state index in [1.54, 1.807) is 0 Å². The number of rotatable bonds is 4. The maximum atomic E-state index is 5.39. The molecule has 46 heavy (non-hydrogen) atoms. The third-order valence-electron chi connectivity index (χ3n) is 9.60. The Bertz CT molecular complexity index is 2380. The largest absolute Gasteiger partial charge is 0.309 e. The van der Waals surface area contributed by atoms with Gasteiger partial charge in [0.05, 0.1) is 22.4 Å². The standard InChI is InChI=1S/C43H31N3/c1-43(2)36-20-9-6-19-35(36)41-39(43)40(30-25-23-29(24-26-30)28-13-4-3-5-14-28)44-42(45-41)31-15-12-16-32(27-31)46-37-21-10-7-17-33(37)34-18-8-11-22-38(34)46/h3-27H,1-2H3. The summed E-state index contributed by atoms with van der Waals surface area (Å²) in [7, 11) is 0. The molecule has 0 radical (unpaired) electrons. The summed E-state index contributed by atoms with van der Waals surface area (Å²) in [5.41, 5.74) is 13.4. The van der Waals surface area contributed by atoms with Gasteiger partial charge in [-0.3, -0.25) is 0 Å². The minimum Gasteiger partial charge on any atom is -0.309 e. The van der Waals surface area contributed by atoms with Gasteiger partial charge in [0.25, 0.3) is 0 Å². The molecule has 0 saturated heterocycles. The Morgan fingerprint density at radius 1 is 0.478 bits per heavy atom. The van der Waals surface area contributed by atoms with E-state index in [4.69, 9.17) is 9.97 Å². The Balaban J connectivity index is 1.25. The molecule has 1 aliphatic rings. The highest BCUT2D eigenvalue weighted by atomic mass is 15.0. The average molecular weight is 590 g/mol. The number of nitrogens with zero attached hydrogens (tertiary/aromatic N) is 3. The number of para-hydroxylation sites is 2. The molecule has 0 spiro atoms. The molecule has 0 amide bonds. The van der Waals surface area contributed by atoms with E-state index in [1.165, 1.54) is 49.6 Å². The molecule has 0 N–H and O–H groups in total. The molecule has 1 aliphatic carbocycles. The van der Waals surface area contributed by atoms with Gasteiger partial charge >= 0.3 is 0 Å². The van der Waals surface area contributed by atoms with Crippen LogP contribution in [0.15, 0.2) is 152 Å². The first-order chi connectivity index (χ1) is 22.6. The number of hydrogen-bond donors (Lipinski definition) is 0. The van der Waals surface area contributed by atoms with E-state index < -0.39 is 0 Å². The van der Waals surface area contributed by atoms with E-state index in [1.807, 2.05) is 0 Å². The van der Waals surface area contributed by atoms with Gasteiger partial charge < -0.3 is 4.57 Å². The topological polar surface area (TPSA) is 30.7 Å². The Morgan fingerprint density at radius 3 is 1.78 bits per heavy atom. The van der Waals surface area contributed by atoms with E-state index in [2.05, 4.69) is 170 Å². The summed E-state index contributed by atoms with van der Waals surface area (Å²) in [6.07, 6.45) is 0. The quantitative estimate of drug-likeness (QED) is 0.204. The van der Waals surface area contributed by atoms with Gasteiger partial charge in [0.2, 0.25) is 0 Å². The second kappa shape index (κ2) is 10.1. The minimum atomic E-state index is -0.233. The Labute approximate surface area is 268 Å². The lowest BCUT2D eigenvalue weighted by atomic mass is 9.80. The van der Waals surface area contributed by atoms with Crippen molar-refractivity contribution < 1.29 is 0 Å². The number of benzene rings is 6. The summed E-state index contributed by atoms with van der Waals surface area (Å²) in [6, 6.07) is 54.0. The molecular formula is C43H31N3. The lowest BCUT2D eigenvalue weighted by Gasteiger charge is -2.24. The van der Waals surface area contributed by atoms with E-state index in [-0.39, 0.29) is 5.41 Å². The van der Waals surface area contributed by atoms with Crippen LogP contribution in [-0.4, -0.2) is 14.5 Å². The highest BCUT2D eigenvalue weighted by molar-refractivity contribution is 6.09. The van der Waals surface area contributed by atoms with Crippen LogP contribution in [0.1, 0.15) is 25.0 Å². The van der Waals surface area contributed by atoms with Crippen LogP contribution >= 0.6 is 0 Å². The molecule has 0 atom stereocenters. The molecule has 0 saturated carbocycles. The zero-order chi connectivity index (χ0) is 30.8. The van der Waals surface area contributed by atoms with E-state index >= 15 is 0 Å². The summed E-state index contributed by atoms with van der Waals surface area (Å²) in [5, 5.41) is 2.50. The maximum Gasteiger partial charge on any atom is 0.160 e. The highest BCUT2D eigenvalue weighted by Crippen LogP contribution is 2.51. The lowest BCUT2D eigenvalue weighted by Crippen LogP contribution is -2.17. The molecule has 9 rings (SSSR count). The molecular weight excluding hydrogens is 558 g/mol. The molecule has 2 aromatic heterocycles. The van der Waals surface area contributed by atoms with Crippen molar-refractivity contribution >= 4 is 21.8 Å². The van der Waals surface area contributed by atoms with Gasteiger partial charge in [0.1, 0.15) is 0 Å². The van der Waals surface area contributed by atoms with Gasteiger partial charge in [0.15, 0.2) is 5.82 Å². The molecule has 0 fully saturated rings. The predicted molar refractivity (Wildman–Crippen MR) is 190 cm³/mol. The SMILES string of the molecule is CC1(C)c2ccccc2-c2nc(-c3cccc(-n4c5ccccc5c5ccccc54)c3)nc(-c3ccc(-c4ccccc4)cc3)c21. The van der Waals surface area contributed by atoms with Gasteiger partial charge in [-0.15, -0.1) is 0 Å². The molecule has 3 heteroatoms. The molecule has 6 aromatic carbocycles. The second-order valence-corrected chi connectivity index (χ2v) is 12.7. The highest BCUT2D eigenvalue weighted by Gasteiger charge is 2.40. The van der Waals surface area contributed by atoms with Crippen molar-refractivity contribution in [3.8, 4) is 50.7 Å². The predicted octanol–water partition coefficient (Wildman–Crippen LogP) is 10.9. The monoisotopic (exact) mass is 589 g/mol. The molecule has 0 bridgehead atoms. The van der Waals surface area contributed by atoms with Crippen molar-refractivity contribution in [2.24, 2.45) is 0 Å². The summed E-state index contributed by atoms with van der Waals surface area (Å²) in [5.74, 6) is 0.732. The fraction of sp³-hybridized carbons (Fsp3) is 0.0698. The van der Waals surface area contributed by atoms with Crippen molar-refractivity contribution in [2.45, 2.75) is 19.3 Å². The van der Waals surface area contributed by atoms with Crippen molar-refractivity contribution in [2.75, 3.05) is 0 Å². The van der Waals surface area contributed by atoms with Gasteiger partial charge in [-0.2, -0.15) is 0 Å². The third-order valence-corrected chi connectivity index (χ3v) is 9.60. The minimum absolute atomic E-state index is 0.233. The van der Waals surface area contributed by atoms with Gasteiger partial charge in [0, 0.05) is 44.1 Å². The number of aromatic nitrogens is 3. The fourth-order valence-electron chi connectivity index (χ4n) is 7.39. The first-order valence-electron chi connectivity index (χ1n) is 15.9. The van der Waals surface area contributed by atoms with Crippen LogP contribution in [0.2, 0.25) is 0 Å². The fourth-order valence-corrected chi connectivity index (χ4v) is 7.39. The molecule has 218 valence electrons. The van der Waals surface area contributed by atoms with Crippen LogP contribution in [0.5, 0.6) is 0 Å². The van der Waals surface area contributed by atoms with Crippen LogP contribution in [0, 0.1) is 0 Å². The van der Waals surface area contributed by atoms with Crippen molar-refractivity contribution in [3.05, 3.63) is 163 Å². The summed E-state index contributed by atoms with van der Waals surface area (Å²) >= 11 is 0. The summed E-state index contributed by atoms with van der Waals surface area (Å²) < 4.78 is 2.35. The first-order valence-corrected chi connectivity index (χ1v) is 15.9. The van der Waals surface area contributed by atoms with E-state index in [0.717, 1.165) is 34.0 Å². The summed E-state index contributed by atoms with van der Waals surface area (Å²) in [6.45, 7) is 4.59. The number of hydrogen-bond acceptors (Lipinski definition) is 2. The van der Waals surface area contributed by atoms with Crippen LogP contribution in [0.25, 0.3) is 72.5 Å². The van der Waals surface area contributed by atoms with Crippen molar-refractivity contribution in [3.63, 3.8) is 0 Å².